The molecule has 0 spiro atoms. The number of aromatic nitrogens is 1. The van der Waals surface area contributed by atoms with Crippen LogP contribution in [0.5, 0.6) is 0 Å². The molecule has 114 valence electrons. The van der Waals surface area contributed by atoms with E-state index in [1.165, 1.54) is 15.6 Å². The monoisotopic (exact) mass is 319 g/mol. The predicted octanol–water partition coefficient (Wildman–Crippen LogP) is 1.54. The third kappa shape index (κ3) is 3.76. The van der Waals surface area contributed by atoms with Crippen LogP contribution in [0.3, 0.4) is 0 Å². The number of thiazole rings is 1. The average Bonchev–Trinajstić information content (AvgIpc) is 2.90. The fourth-order valence-corrected chi connectivity index (χ4v) is 4.23. The molecule has 2 heterocycles. The normalized spacial score (nSPS) is 23.9. The van der Waals surface area contributed by atoms with Crippen LogP contribution in [0.4, 0.5) is 0 Å². The van der Waals surface area contributed by atoms with E-state index in [0.717, 1.165) is 11.4 Å². The van der Waals surface area contributed by atoms with Crippen molar-refractivity contribution in [2.24, 2.45) is 0 Å². The van der Waals surface area contributed by atoms with Crippen molar-refractivity contribution in [2.45, 2.75) is 38.3 Å². The summed E-state index contributed by atoms with van der Waals surface area (Å²) < 4.78 is 34.0. The summed E-state index contributed by atoms with van der Waals surface area (Å²) in [6, 6.07) is -0.202. The van der Waals surface area contributed by atoms with Gasteiger partial charge < -0.3 is 4.74 Å². The molecule has 1 saturated heterocycles. The molecule has 1 atom stereocenters. The van der Waals surface area contributed by atoms with Crippen LogP contribution in [-0.2, 0) is 14.9 Å². The van der Waals surface area contributed by atoms with Gasteiger partial charge in [0.2, 0.25) is 0 Å². The Kier molecular flexibility index (Phi) is 4.80. The zero-order chi connectivity index (χ0) is 14.8. The van der Waals surface area contributed by atoms with Crippen molar-refractivity contribution >= 4 is 21.5 Å². The smallest absolute Gasteiger partial charge is 0.280 e. The lowest BCUT2D eigenvalue weighted by atomic mass is 10.1. The summed E-state index contributed by atoms with van der Waals surface area (Å²) in [5.74, 6) is 0. The lowest BCUT2D eigenvalue weighted by Gasteiger charge is -2.33. The van der Waals surface area contributed by atoms with Gasteiger partial charge in [-0.3, -0.25) is 0 Å². The molecule has 0 saturated carbocycles. The first-order chi connectivity index (χ1) is 9.34. The van der Waals surface area contributed by atoms with Gasteiger partial charge in [0.1, 0.15) is 5.01 Å². The number of hydrogen-bond donors (Lipinski definition) is 1. The number of nitrogens with one attached hydrogen (secondary N) is 1. The Morgan fingerprint density at radius 2 is 2.35 bits per heavy atom. The van der Waals surface area contributed by atoms with Gasteiger partial charge >= 0.3 is 0 Å². The summed E-state index contributed by atoms with van der Waals surface area (Å²) >= 11 is 1.48. The lowest BCUT2D eigenvalue weighted by Crippen LogP contribution is -2.49. The molecule has 0 radical (unpaired) electrons. The van der Waals surface area contributed by atoms with Gasteiger partial charge in [-0.15, -0.1) is 11.3 Å². The summed E-state index contributed by atoms with van der Waals surface area (Å²) in [7, 11) is -1.79. The van der Waals surface area contributed by atoms with Gasteiger partial charge in [0.25, 0.3) is 10.2 Å². The Morgan fingerprint density at radius 3 is 2.90 bits per heavy atom. The Hall–Kier alpha value is -0.540. The Balaban J connectivity index is 1.98. The molecular formula is C12H21N3O3S2. The molecule has 0 unspecified atom stereocenters. The number of hydrogen-bond acceptors (Lipinski definition) is 5. The van der Waals surface area contributed by atoms with E-state index in [1.807, 2.05) is 19.2 Å². The summed E-state index contributed by atoms with van der Waals surface area (Å²) in [4.78, 5) is 4.18. The third-order valence-electron chi connectivity index (χ3n) is 3.56. The van der Waals surface area contributed by atoms with Gasteiger partial charge in [0.05, 0.1) is 11.6 Å². The van der Waals surface area contributed by atoms with E-state index < -0.39 is 10.2 Å². The molecule has 1 aliphatic heterocycles. The molecule has 1 fully saturated rings. The van der Waals surface area contributed by atoms with Crippen LogP contribution in [0.1, 0.15) is 37.7 Å². The van der Waals surface area contributed by atoms with Gasteiger partial charge in [0, 0.05) is 31.8 Å². The molecule has 1 N–H and O–H groups in total. The maximum absolute atomic E-state index is 12.2. The van der Waals surface area contributed by atoms with Crippen LogP contribution in [-0.4, -0.2) is 43.5 Å². The SMILES string of the molecule is COC(C)(C)CCN1CC[C@@H](c2nccs2)NS1(=O)=O. The van der Waals surface area contributed by atoms with Crippen molar-refractivity contribution in [1.29, 1.82) is 0 Å². The molecule has 1 aromatic rings. The van der Waals surface area contributed by atoms with E-state index in [-0.39, 0.29) is 11.6 Å². The molecule has 1 aliphatic rings. The second-order valence-electron chi connectivity index (χ2n) is 5.45. The first-order valence-electron chi connectivity index (χ1n) is 6.56. The van der Waals surface area contributed by atoms with Crippen LogP contribution >= 0.6 is 11.3 Å². The molecule has 8 heteroatoms. The third-order valence-corrected chi connectivity index (χ3v) is 6.08. The largest absolute Gasteiger partial charge is 0.379 e. The van der Waals surface area contributed by atoms with Crippen molar-refractivity contribution in [3.63, 3.8) is 0 Å². The van der Waals surface area contributed by atoms with E-state index in [0.29, 0.717) is 19.5 Å². The van der Waals surface area contributed by atoms with Gasteiger partial charge in [-0.05, 0) is 26.7 Å². The summed E-state index contributed by atoms with van der Waals surface area (Å²) in [5.41, 5.74) is -0.318. The second kappa shape index (κ2) is 6.07. The van der Waals surface area contributed by atoms with Crippen LogP contribution in [0.25, 0.3) is 0 Å². The second-order valence-corrected chi connectivity index (χ2v) is 8.08. The standard InChI is InChI=1S/C12H21N3O3S2/c1-12(2,18-3)5-8-15-7-4-10(14-20(15,16)17)11-13-6-9-19-11/h6,9-10,14H,4-5,7-8H2,1-3H3/t10-/m0/s1. The van der Waals surface area contributed by atoms with E-state index in [9.17, 15) is 8.42 Å². The summed E-state index contributed by atoms with van der Waals surface area (Å²) in [6.45, 7) is 4.88. The minimum Gasteiger partial charge on any atom is -0.379 e. The molecule has 0 amide bonds. The molecule has 0 bridgehead atoms. The molecule has 6 nitrogen and oxygen atoms in total. The minimum absolute atomic E-state index is 0.202. The van der Waals surface area contributed by atoms with Gasteiger partial charge in [-0.25, -0.2) is 4.98 Å². The van der Waals surface area contributed by atoms with Crippen molar-refractivity contribution in [3.8, 4) is 0 Å². The van der Waals surface area contributed by atoms with Gasteiger partial charge in [0.15, 0.2) is 0 Å². The van der Waals surface area contributed by atoms with E-state index >= 15 is 0 Å². The van der Waals surface area contributed by atoms with E-state index in [2.05, 4.69) is 9.71 Å². The highest BCUT2D eigenvalue weighted by Gasteiger charge is 2.33. The minimum atomic E-state index is -3.43. The highest BCUT2D eigenvalue weighted by molar-refractivity contribution is 7.87. The van der Waals surface area contributed by atoms with E-state index in [1.54, 1.807) is 13.3 Å². The van der Waals surface area contributed by atoms with Gasteiger partial charge in [-0.2, -0.15) is 17.4 Å². The fraction of sp³-hybridized carbons (Fsp3) is 0.750. The van der Waals surface area contributed by atoms with Crippen molar-refractivity contribution in [1.82, 2.24) is 14.0 Å². The van der Waals surface area contributed by atoms with Crippen molar-refractivity contribution in [3.05, 3.63) is 16.6 Å². The van der Waals surface area contributed by atoms with Crippen LogP contribution in [0.15, 0.2) is 11.6 Å². The lowest BCUT2D eigenvalue weighted by molar-refractivity contribution is 0.0117. The highest BCUT2D eigenvalue weighted by Crippen LogP contribution is 2.26. The Bertz CT molecular complexity index is 528. The number of rotatable bonds is 5. The number of nitrogens with zero attached hydrogens (tertiary/aromatic N) is 2. The van der Waals surface area contributed by atoms with Crippen LogP contribution in [0.2, 0.25) is 0 Å². The molecule has 1 aromatic heterocycles. The van der Waals surface area contributed by atoms with Crippen LogP contribution in [0, 0.1) is 0 Å². The molecule has 20 heavy (non-hydrogen) atoms. The number of methoxy groups -OCH3 is 1. The topological polar surface area (TPSA) is 71.5 Å². The molecule has 0 aliphatic carbocycles. The Morgan fingerprint density at radius 1 is 1.60 bits per heavy atom. The zero-order valence-corrected chi connectivity index (χ0v) is 13.6. The maximum Gasteiger partial charge on any atom is 0.280 e. The quantitative estimate of drug-likeness (QED) is 0.893. The van der Waals surface area contributed by atoms with Crippen molar-refractivity contribution < 1.29 is 13.2 Å². The molecule has 2 rings (SSSR count). The number of ether oxygens (including phenoxy) is 1. The van der Waals surface area contributed by atoms with Crippen LogP contribution < -0.4 is 4.72 Å². The fourth-order valence-electron chi connectivity index (χ4n) is 2.01. The average molecular weight is 319 g/mol. The summed E-state index contributed by atoms with van der Waals surface area (Å²) in [5, 5.41) is 2.68. The first kappa shape index (κ1) is 15.8. The first-order valence-corrected chi connectivity index (χ1v) is 8.88. The molecule has 0 aromatic carbocycles. The maximum atomic E-state index is 12.2. The zero-order valence-electron chi connectivity index (χ0n) is 12.0. The van der Waals surface area contributed by atoms with E-state index in [4.69, 9.17) is 4.74 Å². The van der Waals surface area contributed by atoms with Gasteiger partial charge in [-0.1, -0.05) is 0 Å². The van der Waals surface area contributed by atoms with Crippen molar-refractivity contribution in [2.75, 3.05) is 20.2 Å². The summed E-state index contributed by atoms with van der Waals surface area (Å²) in [6.07, 6.45) is 3.09. The highest BCUT2D eigenvalue weighted by atomic mass is 32.2. The molecular weight excluding hydrogens is 298 g/mol. The Labute approximate surface area is 124 Å². The predicted molar refractivity (Wildman–Crippen MR) is 78.8 cm³/mol.